The summed E-state index contributed by atoms with van der Waals surface area (Å²) in [6.07, 6.45) is 2.85. The number of fused-ring (bicyclic) bond motifs is 1. The number of aryl methyl sites for hydroxylation is 1. The van der Waals surface area contributed by atoms with Gasteiger partial charge in [0.05, 0.1) is 17.7 Å². The largest absolute Gasteiger partial charge is 0.496 e. The van der Waals surface area contributed by atoms with Crippen molar-refractivity contribution in [1.29, 1.82) is 0 Å². The van der Waals surface area contributed by atoms with Crippen LogP contribution >= 0.6 is 0 Å². The number of methoxy groups -OCH3 is 1. The molecule has 0 fully saturated rings. The number of anilines is 1. The van der Waals surface area contributed by atoms with Gasteiger partial charge < -0.3 is 9.26 Å². The van der Waals surface area contributed by atoms with E-state index in [0.29, 0.717) is 38.9 Å². The van der Waals surface area contributed by atoms with E-state index >= 15 is 0 Å². The molecule has 0 spiro atoms. The van der Waals surface area contributed by atoms with E-state index in [4.69, 9.17) is 4.74 Å². The summed E-state index contributed by atoms with van der Waals surface area (Å²) < 4.78 is 65.5. The van der Waals surface area contributed by atoms with Crippen LogP contribution in [0, 0.1) is 18.6 Å². The fourth-order valence-electron chi connectivity index (χ4n) is 4.02. The Morgan fingerprint density at radius 2 is 1.78 bits per heavy atom. The highest BCUT2D eigenvalue weighted by atomic mass is 32.2. The number of nitrogens with zero attached hydrogens (tertiary/aromatic N) is 2. The molecular weight excluding hydrogens is 488 g/mol. The molecule has 0 atom stereocenters. The first-order valence-electron chi connectivity index (χ1n) is 10.7. The van der Waals surface area contributed by atoms with Gasteiger partial charge in [-0.25, -0.2) is 17.2 Å². The molecule has 0 saturated heterocycles. The quantitative estimate of drug-likeness (QED) is 0.305. The SMILES string of the molecule is COc1cc(-c2ccc(F)c(F)c2)c(C)cc1-c1nccc2cc(S(=O)(=O)Nc3ccon3)ccc12. The molecule has 2 aromatic heterocycles. The van der Waals surface area contributed by atoms with Crippen molar-refractivity contribution in [2.24, 2.45) is 0 Å². The van der Waals surface area contributed by atoms with E-state index in [1.807, 2.05) is 13.0 Å². The van der Waals surface area contributed by atoms with Gasteiger partial charge in [0.2, 0.25) is 0 Å². The number of pyridine rings is 1. The minimum atomic E-state index is -3.89. The molecule has 5 rings (SSSR count). The number of rotatable bonds is 6. The molecule has 0 bridgehead atoms. The summed E-state index contributed by atoms with van der Waals surface area (Å²) in [4.78, 5) is 4.58. The Balaban J connectivity index is 1.60. The zero-order valence-electron chi connectivity index (χ0n) is 19.1. The van der Waals surface area contributed by atoms with Crippen LogP contribution in [-0.4, -0.2) is 25.7 Å². The third-order valence-electron chi connectivity index (χ3n) is 5.76. The van der Waals surface area contributed by atoms with Crippen LogP contribution in [0.4, 0.5) is 14.6 Å². The van der Waals surface area contributed by atoms with Gasteiger partial charge in [-0.2, -0.15) is 0 Å². The van der Waals surface area contributed by atoms with Crippen LogP contribution in [0.25, 0.3) is 33.2 Å². The smallest absolute Gasteiger partial charge is 0.263 e. The van der Waals surface area contributed by atoms with E-state index in [2.05, 4.69) is 19.4 Å². The average Bonchev–Trinajstić information content (AvgIpc) is 3.37. The number of nitrogens with one attached hydrogen (secondary N) is 1. The second-order valence-corrected chi connectivity index (χ2v) is 9.71. The number of hydrogen-bond acceptors (Lipinski definition) is 6. The van der Waals surface area contributed by atoms with E-state index in [-0.39, 0.29) is 10.7 Å². The lowest BCUT2D eigenvalue weighted by Crippen LogP contribution is -2.13. The van der Waals surface area contributed by atoms with Crippen molar-refractivity contribution >= 4 is 26.6 Å². The standard InChI is InChI=1S/C26H19F2N3O4S/c1-15-11-21(24(34-2)14-20(15)16-3-6-22(27)23(28)13-16)26-19-5-4-18(12-17(19)7-9-29-26)36(32,33)31-25-8-10-35-30-25/h3-14H,1-2H3,(H,30,31). The van der Waals surface area contributed by atoms with Gasteiger partial charge in [0.25, 0.3) is 10.0 Å². The number of benzene rings is 3. The van der Waals surface area contributed by atoms with Crippen LogP contribution in [0.5, 0.6) is 5.75 Å². The first-order valence-corrected chi connectivity index (χ1v) is 12.2. The monoisotopic (exact) mass is 507 g/mol. The highest BCUT2D eigenvalue weighted by Gasteiger charge is 2.19. The van der Waals surface area contributed by atoms with Crippen LogP contribution in [-0.2, 0) is 10.0 Å². The summed E-state index contributed by atoms with van der Waals surface area (Å²) in [5.74, 6) is -1.30. The first kappa shape index (κ1) is 23.4. The van der Waals surface area contributed by atoms with Gasteiger partial charge in [-0.3, -0.25) is 9.71 Å². The maximum Gasteiger partial charge on any atom is 0.263 e. The van der Waals surface area contributed by atoms with Crippen molar-refractivity contribution in [3.05, 3.63) is 90.3 Å². The average molecular weight is 508 g/mol. The van der Waals surface area contributed by atoms with Gasteiger partial charge in [-0.05, 0) is 71.5 Å². The van der Waals surface area contributed by atoms with Crippen LogP contribution < -0.4 is 9.46 Å². The predicted molar refractivity (Wildman–Crippen MR) is 131 cm³/mol. The van der Waals surface area contributed by atoms with E-state index in [0.717, 1.165) is 17.7 Å². The molecule has 5 aromatic rings. The number of halogens is 2. The topological polar surface area (TPSA) is 94.3 Å². The molecule has 3 aromatic carbocycles. The molecule has 1 N–H and O–H groups in total. The van der Waals surface area contributed by atoms with Crippen molar-refractivity contribution in [2.75, 3.05) is 11.8 Å². The number of ether oxygens (including phenoxy) is 1. The van der Waals surface area contributed by atoms with Crippen LogP contribution in [0.1, 0.15) is 5.56 Å². The Labute approximate surface area is 205 Å². The number of aromatic nitrogens is 2. The molecule has 0 aliphatic carbocycles. The molecule has 0 aliphatic rings. The van der Waals surface area contributed by atoms with E-state index in [1.54, 1.807) is 24.4 Å². The Kier molecular flexibility index (Phi) is 5.89. The highest BCUT2D eigenvalue weighted by molar-refractivity contribution is 7.92. The van der Waals surface area contributed by atoms with E-state index in [9.17, 15) is 17.2 Å². The van der Waals surface area contributed by atoms with Crippen LogP contribution in [0.2, 0.25) is 0 Å². The van der Waals surface area contributed by atoms with Crippen molar-refractivity contribution in [3.8, 4) is 28.1 Å². The maximum atomic E-state index is 13.8. The van der Waals surface area contributed by atoms with Crippen molar-refractivity contribution in [3.63, 3.8) is 0 Å². The minimum absolute atomic E-state index is 0.0481. The third-order valence-corrected chi connectivity index (χ3v) is 7.11. The molecule has 2 heterocycles. The molecule has 7 nitrogen and oxygen atoms in total. The molecule has 36 heavy (non-hydrogen) atoms. The number of hydrogen-bond donors (Lipinski definition) is 1. The fraction of sp³-hybridized carbons (Fsp3) is 0.0769. The molecule has 0 aliphatic heterocycles. The molecule has 0 amide bonds. The summed E-state index contributed by atoms with van der Waals surface area (Å²) >= 11 is 0. The summed E-state index contributed by atoms with van der Waals surface area (Å²) in [6.45, 7) is 1.85. The van der Waals surface area contributed by atoms with Crippen molar-refractivity contribution < 1.29 is 26.5 Å². The Bertz CT molecular complexity index is 1700. The van der Waals surface area contributed by atoms with Crippen LogP contribution in [0.15, 0.2) is 82.5 Å². The highest BCUT2D eigenvalue weighted by Crippen LogP contribution is 2.39. The third kappa shape index (κ3) is 4.27. The second kappa shape index (κ2) is 9.04. The molecule has 10 heteroatoms. The Hall–Kier alpha value is -4.31. The summed E-state index contributed by atoms with van der Waals surface area (Å²) in [7, 11) is -2.38. The molecule has 0 unspecified atom stereocenters. The zero-order valence-corrected chi connectivity index (χ0v) is 19.9. The van der Waals surface area contributed by atoms with Gasteiger partial charge in [-0.1, -0.05) is 17.3 Å². The maximum absolute atomic E-state index is 13.8. The summed E-state index contributed by atoms with van der Waals surface area (Å²) in [5, 5.41) is 4.93. The molecule has 0 radical (unpaired) electrons. The van der Waals surface area contributed by atoms with Gasteiger partial charge in [0.1, 0.15) is 12.0 Å². The normalized spacial score (nSPS) is 11.6. The summed E-state index contributed by atoms with van der Waals surface area (Å²) in [5.41, 5.74) is 3.24. The lowest BCUT2D eigenvalue weighted by atomic mass is 9.94. The second-order valence-electron chi connectivity index (χ2n) is 8.03. The van der Waals surface area contributed by atoms with Crippen molar-refractivity contribution in [2.45, 2.75) is 11.8 Å². The fourth-order valence-corrected chi connectivity index (χ4v) is 5.04. The first-order chi connectivity index (χ1) is 17.3. The van der Waals surface area contributed by atoms with Gasteiger partial charge in [-0.15, -0.1) is 0 Å². The molecular formula is C26H19F2N3O4S. The Morgan fingerprint density at radius 1 is 0.944 bits per heavy atom. The molecule has 0 saturated carbocycles. The van der Waals surface area contributed by atoms with Crippen LogP contribution in [0.3, 0.4) is 0 Å². The number of sulfonamides is 1. The Morgan fingerprint density at radius 3 is 2.50 bits per heavy atom. The van der Waals surface area contributed by atoms with Crippen molar-refractivity contribution in [1.82, 2.24) is 10.1 Å². The zero-order chi connectivity index (χ0) is 25.4. The van der Waals surface area contributed by atoms with Gasteiger partial charge in [0.15, 0.2) is 17.5 Å². The van der Waals surface area contributed by atoms with Gasteiger partial charge >= 0.3 is 0 Å². The van der Waals surface area contributed by atoms with E-state index in [1.165, 1.54) is 37.6 Å². The lowest BCUT2D eigenvalue weighted by Gasteiger charge is -2.15. The van der Waals surface area contributed by atoms with Gasteiger partial charge in [0, 0.05) is 23.2 Å². The summed E-state index contributed by atoms with van der Waals surface area (Å²) in [6, 6.07) is 15.1. The molecule has 182 valence electrons. The lowest BCUT2D eigenvalue weighted by molar-refractivity contribution is 0.416. The minimum Gasteiger partial charge on any atom is -0.496 e. The predicted octanol–water partition coefficient (Wildman–Crippen LogP) is 5.95. The van der Waals surface area contributed by atoms with E-state index < -0.39 is 21.7 Å².